The number of hydrogen-bond donors (Lipinski definition) is 0. The second-order valence-corrected chi connectivity index (χ2v) is 16.3. The molecule has 0 aliphatic rings. The van der Waals surface area contributed by atoms with Gasteiger partial charge >= 0.3 is 0 Å². The van der Waals surface area contributed by atoms with E-state index in [2.05, 4.69) is 232 Å². The van der Waals surface area contributed by atoms with Crippen LogP contribution in [-0.2, 0) is 0 Å². The predicted molar refractivity (Wildman–Crippen MR) is 263 cm³/mol. The van der Waals surface area contributed by atoms with Crippen LogP contribution in [0.3, 0.4) is 0 Å². The third kappa shape index (κ3) is 5.54. The molecule has 62 heavy (non-hydrogen) atoms. The molecule has 0 saturated heterocycles. The van der Waals surface area contributed by atoms with E-state index in [4.69, 9.17) is 0 Å². The van der Waals surface area contributed by atoms with E-state index >= 15 is 0 Å². The number of benzene rings is 8. The number of para-hydroxylation sites is 4. The molecule has 0 amide bonds. The lowest BCUT2D eigenvalue weighted by molar-refractivity contribution is 1.02. The Balaban J connectivity index is 1.02. The van der Waals surface area contributed by atoms with Crippen LogP contribution in [0.25, 0.3) is 105 Å². The van der Waals surface area contributed by atoms with Gasteiger partial charge < -0.3 is 18.3 Å². The van der Waals surface area contributed by atoms with Crippen LogP contribution in [0.5, 0.6) is 0 Å². The molecule has 0 atom stereocenters. The minimum Gasteiger partial charge on any atom is -0.310 e. The summed E-state index contributed by atoms with van der Waals surface area (Å²) in [6.45, 7) is 8.65. The third-order valence-electron chi connectivity index (χ3n) is 12.7. The normalized spacial score (nSPS) is 11.8. The van der Waals surface area contributed by atoms with Gasteiger partial charge in [-0.15, -0.1) is 6.58 Å². The molecule has 294 valence electrons. The molecule has 12 rings (SSSR count). The quantitative estimate of drug-likeness (QED) is 0.130. The first kappa shape index (κ1) is 35.8. The Labute approximate surface area is 359 Å². The standard InChI is InChI=1S/C58H42N4/c1-3-4-16-39(2)55-35-41-37-58-42(38-57(41)61(55)45-31-27-43(28-32-45)59-51-23-12-8-19-47(51)48-20-9-13-24-52(48)59)36-56(40-17-6-5-7-18-40)62(58)46-33-29-44(30-34-46)60-53-25-14-10-21-49(53)50-22-11-15-26-54(50)60/h3,5-15,17-38H,1-2,4,16H2. The highest BCUT2D eigenvalue weighted by Gasteiger charge is 2.20. The van der Waals surface area contributed by atoms with Crippen LogP contribution in [0.2, 0.25) is 0 Å². The molecule has 8 aromatic carbocycles. The summed E-state index contributed by atoms with van der Waals surface area (Å²) >= 11 is 0. The fraction of sp³-hybridized carbons (Fsp3) is 0.0345. The lowest BCUT2D eigenvalue weighted by atomic mass is 10.1. The van der Waals surface area contributed by atoms with Crippen LogP contribution in [-0.4, -0.2) is 18.3 Å². The fourth-order valence-corrected chi connectivity index (χ4v) is 9.86. The summed E-state index contributed by atoms with van der Waals surface area (Å²) in [7, 11) is 0. The molecule has 4 nitrogen and oxygen atoms in total. The molecule has 12 aromatic rings. The highest BCUT2D eigenvalue weighted by Crippen LogP contribution is 2.39. The van der Waals surface area contributed by atoms with E-state index in [-0.39, 0.29) is 0 Å². The summed E-state index contributed by atoms with van der Waals surface area (Å²) in [6.07, 6.45) is 3.68. The largest absolute Gasteiger partial charge is 0.310 e. The summed E-state index contributed by atoms with van der Waals surface area (Å²) < 4.78 is 9.57. The molecule has 4 heteroatoms. The number of aromatic nitrogens is 4. The Morgan fingerprint density at radius 1 is 0.387 bits per heavy atom. The zero-order valence-electron chi connectivity index (χ0n) is 34.2. The molecular formula is C58H42N4. The van der Waals surface area contributed by atoms with Crippen molar-refractivity contribution in [2.24, 2.45) is 0 Å². The zero-order valence-corrected chi connectivity index (χ0v) is 34.2. The Hall–Kier alpha value is -8.08. The van der Waals surface area contributed by atoms with Gasteiger partial charge in [0.05, 0.1) is 38.8 Å². The summed E-state index contributed by atoms with van der Waals surface area (Å²) in [4.78, 5) is 0. The lowest BCUT2D eigenvalue weighted by Crippen LogP contribution is -2.01. The summed E-state index contributed by atoms with van der Waals surface area (Å²) in [5.74, 6) is 0. The monoisotopic (exact) mass is 794 g/mol. The molecule has 0 N–H and O–H groups in total. The minimum atomic E-state index is 0.835. The van der Waals surface area contributed by atoms with Crippen molar-refractivity contribution in [1.82, 2.24) is 18.3 Å². The van der Waals surface area contributed by atoms with E-state index in [9.17, 15) is 0 Å². The maximum Gasteiger partial charge on any atom is 0.0542 e. The zero-order chi connectivity index (χ0) is 41.3. The summed E-state index contributed by atoms with van der Waals surface area (Å²) in [6, 6.07) is 72.9. The van der Waals surface area contributed by atoms with Gasteiger partial charge in [0.15, 0.2) is 0 Å². The van der Waals surface area contributed by atoms with Gasteiger partial charge in [-0.05, 0) is 121 Å². The highest BCUT2D eigenvalue weighted by atomic mass is 15.0. The van der Waals surface area contributed by atoms with E-state index in [1.807, 2.05) is 6.08 Å². The van der Waals surface area contributed by atoms with Crippen molar-refractivity contribution in [3.8, 4) is 34.0 Å². The number of rotatable bonds is 9. The van der Waals surface area contributed by atoms with Crippen molar-refractivity contribution in [3.63, 3.8) is 0 Å². The van der Waals surface area contributed by atoms with Gasteiger partial charge in [0.1, 0.15) is 0 Å². The molecular weight excluding hydrogens is 753 g/mol. The van der Waals surface area contributed by atoms with Crippen molar-refractivity contribution in [1.29, 1.82) is 0 Å². The maximum absolute atomic E-state index is 4.63. The van der Waals surface area contributed by atoms with Crippen LogP contribution in [0.4, 0.5) is 0 Å². The smallest absolute Gasteiger partial charge is 0.0542 e. The van der Waals surface area contributed by atoms with Gasteiger partial charge in [-0.1, -0.05) is 116 Å². The number of fused-ring (bicyclic) bond motifs is 8. The fourth-order valence-electron chi connectivity index (χ4n) is 9.86. The van der Waals surface area contributed by atoms with Crippen LogP contribution in [0, 0.1) is 0 Å². The molecule has 4 aromatic heterocycles. The van der Waals surface area contributed by atoms with E-state index in [1.54, 1.807) is 0 Å². The average molecular weight is 795 g/mol. The molecule has 0 unspecified atom stereocenters. The summed E-state index contributed by atoms with van der Waals surface area (Å²) in [5, 5.41) is 7.38. The molecule has 0 bridgehead atoms. The first-order valence-corrected chi connectivity index (χ1v) is 21.4. The van der Waals surface area contributed by atoms with Crippen molar-refractivity contribution >= 4 is 71.0 Å². The van der Waals surface area contributed by atoms with Crippen molar-refractivity contribution in [2.75, 3.05) is 0 Å². The molecule has 0 fully saturated rings. The van der Waals surface area contributed by atoms with Crippen molar-refractivity contribution < 1.29 is 0 Å². The minimum absolute atomic E-state index is 0.835. The Kier molecular flexibility index (Phi) is 8.26. The molecule has 0 aliphatic carbocycles. The van der Waals surface area contributed by atoms with E-state index in [0.717, 1.165) is 63.6 Å². The van der Waals surface area contributed by atoms with E-state index < -0.39 is 0 Å². The Morgan fingerprint density at radius 2 is 0.774 bits per heavy atom. The van der Waals surface area contributed by atoms with Crippen LogP contribution < -0.4 is 0 Å². The molecule has 0 aliphatic heterocycles. The second-order valence-electron chi connectivity index (χ2n) is 16.3. The number of hydrogen-bond acceptors (Lipinski definition) is 0. The summed E-state index contributed by atoms with van der Waals surface area (Å²) in [5.41, 5.74) is 16.1. The SMILES string of the molecule is C=CCCC(=C)c1cc2cc3c(cc(-c4ccccc4)n3-c3ccc(-n4c5ccccc5c5ccccc54)cc3)cc2n1-c1ccc(-n2c3ccccc3c3ccccc32)cc1. The van der Waals surface area contributed by atoms with Crippen LogP contribution in [0.15, 0.2) is 219 Å². The Morgan fingerprint density at radius 3 is 1.24 bits per heavy atom. The number of nitrogens with zero attached hydrogens (tertiary/aromatic N) is 4. The molecule has 0 radical (unpaired) electrons. The first-order chi connectivity index (χ1) is 30.6. The van der Waals surface area contributed by atoms with Gasteiger partial charge in [0.2, 0.25) is 0 Å². The second kappa shape index (κ2) is 14.3. The van der Waals surface area contributed by atoms with Gasteiger partial charge in [-0.2, -0.15) is 0 Å². The van der Waals surface area contributed by atoms with Crippen LogP contribution >= 0.6 is 0 Å². The van der Waals surface area contributed by atoms with Gasteiger partial charge in [-0.3, -0.25) is 0 Å². The Bertz CT molecular complexity index is 3590. The molecule has 0 spiro atoms. The predicted octanol–water partition coefficient (Wildman–Crippen LogP) is 15.4. The third-order valence-corrected chi connectivity index (χ3v) is 12.7. The van der Waals surface area contributed by atoms with Crippen molar-refractivity contribution in [3.05, 3.63) is 225 Å². The lowest BCUT2D eigenvalue weighted by Gasteiger charge is -2.15. The van der Waals surface area contributed by atoms with Gasteiger partial charge in [0.25, 0.3) is 0 Å². The van der Waals surface area contributed by atoms with Crippen molar-refractivity contribution in [2.45, 2.75) is 12.8 Å². The van der Waals surface area contributed by atoms with Gasteiger partial charge in [-0.25, -0.2) is 0 Å². The van der Waals surface area contributed by atoms with E-state index in [0.29, 0.717) is 0 Å². The molecule has 4 heterocycles. The topological polar surface area (TPSA) is 19.7 Å². The van der Waals surface area contributed by atoms with E-state index in [1.165, 1.54) is 59.9 Å². The average Bonchev–Trinajstić information content (AvgIpc) is 4.08. The van der Waals surface area contributed by atoms with Crippen LogP contribution in [0.1, 0.15) is 18.5 Å². The highest BCUT2D eigenvalue weighted by molar-refractivity contribution is 6.10. The number of allylic oxidation sites excluding steroid dienone is 2. The molecule has 0 saturated carbocycles. The van der Waals surface area contributed by atoms with Gasteiger partial charge in [0, 0.05) is 60.8 Å². The maximum atomic E-state index is 4.63. The first-order valence-electron chi connectivity index (χ1n) is 21.4.